The molecular formula is C18H21NO2. The second-order valence-electron chi connectivity index (χ2n) is 5.57. The van der Waals surface area contributed by atoms with Crippen LogP contribution in [0.15, 0.2) is 36.5 Å². The SMILES string of the molecule is CCn1cc(C2=CCC(C(=O)OC)CC2)c2ccccc21. The largest absolute Gasteiger partial charge is 0.469 e. The normalized spacial score (nSPS) is 18.6. The van der Waals surface area contributed by atoms with Crippen LogP contribution in [0.25, 0.3) is 16.5 Å². The maximum Gasteiger partial charge on any atom is 0.308 e. The van der Waals surface area contributed by atoms with Crippen molar-refractivity contribution in [1.82, 2.24) is 4.57 Å². The Balaban J connectivity index is 1.95. The first-order valence-electron chi connectivity index (χ1n) is 7.59. The van der Waals surface area contributed by atoms with Crippen molar-refractivity contribution < 1.29 is 9.53 Å². The molecule has 1 aliphatic rings. The van der Waals surface area contributed by atoms with E-state index in [2.05, 4.69) is 48.0 Å². The van der Waals surface area contributed by atoms with Crippen LogP contribution in [0.2, 0.25) is 0 Å². The maximum absolute atomic E-state index is 11.6. The highest BCUT2D eigenvalue weighted by molar-refractivity contribution is 5.93. The van der Waals surface area contributed by atoms with Gasteiger partial charge in [-0.1, -0.05) is 24.3 Å². The number of fused-ring (bicyclic) bond motifs is 1. The summed E-state index contributed by atoms with van der Waals surface area (Å²) in [4.78, 5) is 11.6. The zero-order chi connectivity index (χ0) is 14.8. The molecule has 0 fully saturated rings. The molecule has 3 rings (SSSR count). The molecular weight excluding hydrogens is 262 g/mol. The van der Waals surface area contributed by atoms with Gasteiger partial charge in [0.25, 0.3) is 0 Å². The number of aromatic nitrogens is 1. The van der Waals surface area contributed by atoms with E-state index in [0.29, 0.717) is 0 Å². The Morgan fingerprint density at radius 1 is 1.38 bits per heavy atom. The molecule has 0 saturated carbocycles. The van der Waals surface area contributed by atoms with Gasteiger partial charge in [0.2, 0.25) is 0 Å². The van der Waals surface area contributed by atoms with E-state index in [4.69, 9.17) is 4.74 Å². The van der Waals surface area contributed by atoms with Gasteiger partial charge in [0, 0.05) is 29.2 Å². The molecule has 1 unspecified atom stereocenters. The number of hydrogen-bond donors (Lipinski definition) is 0. The fourth-order valence-electron chi connectivity index (χ4n) is 3.22. The molecule has 0 aliphatic heterocycles. The summed E-state index contributed by atoms with van der Waals surface area (Å²) >= 11 is 0. The topological polar surface area (TPSA) is 31.2 Å². The summed E-state index contributed by atoms with van der Waals surface area (Å²) in [5.74, 6) is -0.0560. The van der Waals surface area contributed by atoms with E-state index in [1.807, 2.05) is 0 Å². The van der Waals surface area contributed by atoms with Crippen molar-refractivity contribution in [3.8, 4) is 0 Å². The van der Waals surface area contributed by atoms with Crippen molar-refractivity contribution in [1.29, 1.82) is 0 Å². The predicted molar refractivity (Wildman–Crippen MR) is 84.9 cm³/mol. The molecule has 1 heterocycles. The van der Waals surface area contributed by atoms with Crippen LogP contribution in [0.1, 0.15) is 31.7 Å². The average Bonchev–Trinajstić information content (AvgIpc) is 2.93. The molecule has 0 amide bonds. The molecule has 1 aromatic heterocycles. The first kappa shape index (κ1) is 13.9. The Kier molecular flexibility index (Phi) is 3.82. The highest BCUT2D eigenvalue weighted by Crippen LogP contribution is 2.35. The second-order valence-corrected chi connectivity index (χ2v) is 5.57. The van der Waals surface area contributed by atoms with Crippen molar-refractivity contribution >= 4 is 22.4 Å². The summed E-state index contributed by atoms with van der Waals surface area (Å²) in [6, 6.07) is 8.53. The number of rotatable bonds is 3. The van der Waals surface area contributed by atoms with Crippen molar-refractivity contribution in [3.63, 3.8) is 0 Å². The molecule has 0 saturated heterocycles. The number of hydrogen-bond acceptors (Lipinski definition) is 2. The van der Waals surface area contributed by atoms with E-state index in [9.17, 15) is 4.79 Å². The first-order chi connectivity index (χ1) is 10.2. The molecule has 0 bridgehead atoms. The minimum absolute atomic E-state index is 0.0262. The van der Waals surface area contributed by atoms with Crippen LogP contribution >= 0.6 is 0 Å². The van der Waals surface area contributed by atoms with E-state index in [1.165, 1.54) is 29.1 Å². The van der Waals surface area contributed by atoms with E-state index >= 15 is 0 Å². The van der Waals surface area contributed by atoms with Crippen LogP contribution in [0.4, 0.5) is 0 Å². The number of methoxy groups -OCH3 is 1. The minimum Gasteiger partial charge on any atom is -0.469 e. The van der Waals surface area contributed by atoms with Gasteiger partial charge in [-0.15, -0.1) is 0 Å². The summed E-state index contributed by atoms with van der Waals surface area (Å²) < 4.78 is 7.14. The third kappa shape index (κ3) is 2.48. The Hall–Kier alpha value is -2.03. The van der Waals surface area contributed by atoms with Gasteiger partial charge in [-0.3, -0.25) is 4.79 Å². The van der Waals surface area contributed by atoms with Crippen LogP contribution in [-0.2, 0) is 16.1 Å². The third-order valence-electron chi connectivity index (χ3n) is 4.42. The summed E-state index contributed by atoms with van der Waals surface area (Å²) in [6.07, 6.45) is 7.07. The molecule has 1 aromatic carbocycles. The molecule has 0 spiro atoms. The molecule has 3 heteroatoms. The quantitative estimate of drug-likeness (QED) is 0.797. The van der Waals surface area contributed by atoms with Crippen molar-refractivity contribution in [2.24, 2.45) is 5.92 Å². The van der Waals surface area contributed by atoms with Gasteiger partial charge >= 0.3 is 5.97 Å². The van der Waals surface area contributed by atoms with E-state index < -0.39 is 0 Å². The molecule has 3 nitrogen and oxygen atoms in total. The fraction of sp³-hybridized carbons (Fsp3) is 0.389. The van der Waals surface area contributed by atoms with Crippen molar-refractivity contribution in [2.75, 3.05) is 7.11 Å². The average molecular weight is 283 g/mol. The van der Waals surface area contributed by atoms with Crippen LogP contribution in [-0.4, -0.2) is 17.6 Å². The Labute approximate surface area is 125 Å². The van der Waals surface area contributed by atoms with E-state index in [-0.39, 0.29) is 11.9 Å². The zero-order valence-corrected chi connectivity index (χ0v) is 12.6. The van der Waals surface area contributed by atoms with Gasteiger partial charge in [-0.05, 0) is 37.8 Å². The number of carbonyl (C=O) groups is 1. The standard InChI is InChI=1S/C18H21NO2/c1-3-19-12-16(15-6-4-5-7-17(15)19)13-8-10-14(11-9-13)18(20)21-2/h4-8,12,14H,3,9-11H2,1-2H3. The van der Waals surface area contributed by atoms with Crippen molar-refractivity contribution in [2.45, 2.75) is 32.7 Å². The number of allylic oxidation sites excluding steroid dienone is 2. The summed E-state index contributed by atoms with van der Waals surface area (Å²) in [7, 11) is 1.47. The van der Waals surface area contributed by atoms with Crippen molar-refractivity contribution in [3.05, 3.63) is 42.1 Å². The minimum atomic E-state index is -0.0821. The lowest BCUT2D eigenvalue weighted by Crippen LogP contribution is -2.18. The van der Waals surface area contributed by atoms with Gasteiger partial charge in [-0.25, -0.2) is 0 Å². The first-order valence-corrected chi connectivity index (χ1v) is 7.59. The van der Waals surface area contributed by atoms with Gasteiger partial charge in [-0.2, -0.15) is 0 Å². The number of benzene rings is 1. The second kappa shape index (κ2) is 5.76. The molecule has 110 valence electrons. The number of para-hydroxylation sites is 1. The highest BCUT2D eigenvalue weighted by Gasteiger charge is 2.23. The van der Waals surface area contributed by atoms with E-state index in [1.54, 1.807) is 0 Å². The van der Waals surface area contributed by atoms with Crippen LogP contribution in [0.3, 0.4) is 0 Å². The number of nitrogens with zero attached hydrogens (tertiary/aromatic N) is 1. The number of aryl methyl sites for hydroxylation is 1. The number of carbonyl (C=O) groups excluding carboxylic acids is 1. The number of esters is 1. The predicted octanol–water partition coefficient (Wildman–Crippen LogP) is 4.02. The van der Waals surface area contributed by atoms with Gasteiger partial charge in [0.05, 0.1) is 13.0 Å². The summed E-state index contributed by atoms with van der Waals surface area (Å²) in [5.41, 5.74) is 3.96. The monoisotopic (exact) mass is 283 g/mol. The maximum atomic E-state index is 11.6. The van der Waals surface area contributed by atoms with Crippen LogP contribution in [0.5, 0.6) is 0 Å². The number of ether oxygens (including phenoxy) is 1. The molecule has 1 atom stereocenters. The smallest absolute Gasteiger partial charge is 0.308 e. The highest BCUT2D eigenvalue weighted by atomic mass is 16.5. The molecule has 21 heavy (non-hydrogen) atoms. The fourth-order valence-corrected chi connectivity index (χ4v) is 3.22. The Morgan fingerprint density at radius 3 is 2.86 bits per heavy atom. The molecule has 1 aliphatic carbocycles. The van der Waals surface area contributed by atoms with Gasteiger partial charge in [0.1, 0.15) is 0 Å². The summed E-state index contributed by atoms with van der Waals surface area (Å²) in [6.45, 7) is 3.14. The lowest BCUT2D eigenvalue weighted by molar-refractivity contribution is -0.145. The molecule has 0 N–H and O–H groups in total. The van der Waals surface area contributed by atoms with E-state index in [0.717, 1.165) is 25.8 Å². The van der Waals surface area contributed by atoms with Crippen LogP contribution in [0, 0.1) is 5.92 Å². The lowest BCUT2D eigenvalue weighted by Gasteiger charge is -2.19. The summed E-state index contributed by atoms with van der Waals surface area (Å²) in [5, 5.41) is 1.31. The lowest BCUT2D eigenvalue weighted by atomic mass is 9.86. The Bertz CT molecular complexity index is 696. The zero-order valence-electron chi connectivity index (χ0n) is 12.6. The van der Waals surface area contributed by atoms with Gasteiger partial charge < -0.3 is 9.30 Å². The van der Waals surface area contributed by atoms with Crippen LogP contribution < -0.4 is 0 Å². The molecule has 0 radical (unpaired) electrons. The molecule has 2 aromatic rings. The third-order valence-corrected chi connectivity index (χ3v) is 4.42. The van der Waals surface area contributed by atoms with Gasteiger partial charge in [0.15, 0.2) is 0 Å². The Morgan fingerprint density at radius 2 is 2.19 bits per heavy atom.